The molecule has 0 bridgehead atoms. The molecule has 2 aromatic heterocycles. The molecule has 128 valence electrons. The molecule has 2 heterocycles. The number of H-pyrrole nitrogens is 1. The number of carboxylic acid groups (broad SMARTS) is 1. The number of aromatic nitrogens is 2. The van der Waals surface area contributed by atoms with Crippen molar-refractivity contribution in [3.8, 4) is 0 Å². The lowest BCUT2D eigenvalue weighted by atomic mass is 10.0. The summed E-state index contributed by atoms with van der Waals surface area (Å²) in [5.41, 5.74) is 3.61. The normalized spacial score (nSPS) is 10.7. The molecule has 1 aromatic carbocycles. The molecule has 8 nitrogen and oxygen atoms in total. The van der Waals surface area contributed by atoms with Gasteiger partial charge in [0, 0.05) is 34.9 Å². The van der Waals surface area contributed by atoms with E-state index in [9.17, 15) is 20.0 Å². The van der Waals surface area contributed by atoms with Crippen LogP contribution in [0.5, 0.6) is 0 Å². The summed E-state index contributed by atoms with van der Waals surface area (Å²) in [6, 6.07) is 10.7. The van der Waals surface area contributed by atoms with E-state index in [2.05, 4.69) is 14.8 Å². The molecule has 0 radical (unpaired) electrons. The largest absolute Gasteiger partial charge is 0.481 e. The minimum atomic E-state index is -0.927. The highest BCUT2D eigenvalue weighted by atomic mass is 16.9. The van der Waals surface area contributed by atoms with Gasteiger partial charge in [0.05, 0.1) is 6.42 Å². The van der Waals surface area contributed by atoms with Crippen LogP contribution in [0.15, 0.2) is 42.6 Å². The van der Waals surface area contributed by atoms with Gasteiger partial charge in [0.1, 0.15) is 6.61 Å². The van der Waals surface area contributed by atoms with Gasteiger partial charge >= 0.3 is 5.97 Å². The number of aromatic amines is 1. The fraction of sp³-hybridized carbons (Fsp3) is 0.176. The Hall–Kier alpha value is -3.42. The Labute approximate surface area is 142 Å². The fourth-order valence-corrected chi connectivity index (χ4v) is 2.76. The van der Waals surface area contributed by atoms with Crippen LogP contribution < -0.4 is 0 Å². The molecule has 0 unspecified atom stereocenters. The van der Waals surface area contributed by atoms with Crippen LogP contribution in [0.4, 0.5) is 0 Å². The van der Waals surface area contributed by atoms with Crippen molar-refractivity contribution in [1.29, 1.82) is 0 Å². The van der Waals surface area contributed by atoms with Gasteiger partial charge in [-0.25, -0.2) is 0 Å². The summed E-state index contributed by atoms with van der Waals surface area (Å²) >= 11 is 0. The highest BCUT2D eigenvalue weighted by Gasteiger charge is 2.15. The summed E-state index contributed by atoms with van der Waals surface area (Å²) in [5, 5.41) is 19.5. The maximum absolute atomic E-state index is 11.2. The lowest BCUT2D eigenvalue weighted by Crippen LogP contribution is -2.03. The molecule has 0 fully saturated rings. The molecule has 0 aliphatic carbocycles. The molecule has 8 heteroatoms. The van der Waals surface area contributed by atoms with Crippen LogP contribution in [0.1, 0.15) is 22.5 Å². The summed E-state index contributed by atoms with van der Waals surface area (Å²) in [6.07, 6.45) is 2.04. The summed E-state index contributed by atoms with van der Waals surface area (Å²) in [6.45, 7) is -0.161. The summed E-state index contributed by atoms with van der Waals surface area (Å²) < 4.78 is 0. The number of nitrogens with one attached hydrogen (secondary N) is 1. The number of pyridine rings is 1. The van der Waals surface area contributed by atoms with Gasteiger partial charge in [-0.1, -0.05) is 18.2 Å². The van der Waals surface area contributed by atoms with Crippen LogP contribution in [0.25, 0.3) is 10.9 Å². The number of carbonyl (C=O) groups is 1. The predicted molar refractivity (Wildman–Crippen MR) is 88.5 cm³/mol. The second kappa shape index (κ2) is 7.00. The molecule has 3 rings (SSSR count). The smallest absolute Gasteiger partial charge is 0.307 e. The molecule has 0 atom stereocenters. The van der Waals surface area contributed by atoms with E-state index in [1.807, 2.05) is 18.2 Å². The van der Waals surface area contributed by atoms with Crippen molar-refractivity contribution in [3.05, 3.63) is 75.2 Å². The van der Waals surface area contributed by atoms with E-state index in [0.717, 1.165) is 16.8 Å². The molecular weight excluding hydrogens is 326 g/mol. The van der Waals surface area contributed by atoms with Crippen molar-refractivity contribution < 1.29 is 19.8 Å². The second-order valence-corrected chi connectivity index (χ2v) is 5.53. The SMILES string of the molecule is O=C(O)Cc1c(Cc2ccccn2)[nH]c2cc(CO[N+](=O)[O-])ccc12. The first-order valence-corrected chi connectivity index (χ1v) is 7.54. The van der Waals surface area contributed by atoms with Crippen molar-refractivity contribution in [2.45, 2.75) is 19.4 Å². The van der Waals surface area contributed by atoms with Crippen LogP contribution in [0.2, 0.25) is 0 Å². The quantitative estimate of drug-likeness (QED) is 0.503. The number of fused-ring (bicyclic) bond motifs is 1. The third kappa shape index (κ3) is 3.92. The van der Waals surface area contributed by atoms with Crippen molar-refractivity contribution in [1.82, 2.24) is 9.97 Å². The van der Waals surface area contributed by atoms with Crippen LogP contribution in [0.3, 0.4) is 0 Å². The zero-order valence-corrected chi connectivity index (χ0v) is 13.1. The predicted octanol–water partition coefficient (Wildman–Crippen LogP) is 2.49. The Morgan fingerprint density at radius 1 is 1.32 bits per heavy atom. The second-order valence-electron chi connectivity index (χ2n) is 5.53. The van der Waals surface area contributed by atoms with Crippen LogP contribution in [-0.4, -0.2) is 26.1 Å². The topological polar surface area (TPSA) is 118 Å². The molecule has 0 spiro atoms. The van der Waals surface area contributed by atoms with Gasteiger partial charge in [0.2, 0.25) is 0 Å². The molecule has 0 aliphatic heterocycles. The van der Waals surface area contributed by atoms with Gasteiger partial charge in [-0.3, -0.25) is 9.78 Å². The van der Waals surface area contributed by atoms with Crippen molar-refractivity contribution >= 4 is 16.9 Å². The van der Waals surface area contributed by atoms with E-state index in [0.29, 0.717) is 23.1 Å². The highest BCUT2D eigenvalue weighted by Crippen LogP contribution is 2.26. The number of hydrogen-bond acceptors (Lipinski definition) is 5. The lowest BCUT2D eigenvalue weighted by Gasteiger charge is -2.03. The number of benzene rings is 1. The average Bonchev–Trinajstić information content (AvgIpc) is 2.90. The molecule has 0 saturated heterocycles. The van der Waals surface area contributed by atoms with Gasteiger partial charge in [0.25, 0.3) is 5.09 Å². The number of hydrogen-bond donors (Lipinski definition) is 2. The highest BCUT2D eigenvalue weighted by molar-refractivity contribution is 5.89. The standard InChI is InChI=1S/C17H15N3O5/c21-17(22)9-14-13-5-4-11(10-25-20(23)24)7-15(13)19-16(14)8-12-3-1-2-6-18-12/h1-7,19H,8-10H2,(H,21,22). The Bertz CT molecular complexity index is 921. The maximum Gasteiger partial charge on any atom is 0.307 e. The van der Waals surface area contributed by atoms with Gasteiger partial charge in [0.15, 0.2) is 0 Å². The van der Waals surface area contributed by atoms with Crippen LogP contribution >= 0.6 is 0 Å². The fourth-order valence-electron chi connectivity index (χ4n) is 2.76. The lowest BCUT2D eigenvalue weighted by molar-refractivity contribution is -0.763. The molecule has 2 N–H and O–H groups in total. The molecule has 0 amide bonds. The van der Waals surface area contributed by atoms with E-state index in [-0.39, 0.29) is 13.0 Å². The monoisotopic (exact) mass is 341 g/mol. The first kappa shape index (κ1) is 16.4. The van der Waals surface area contributed by atoms with Crippen molar-refractivity contribution in [3.63, 3.8) is 0 Å². The maximum atomic E-state index is 11.2. The molecule has 3 aromatic rings. The first-order chi connectivity index (χ1) is 12.0. The van der Waals surface area contributed by atoms with Crippen molar-refractivity contribution in [2.24, 2.45) is 0 Å². The number of carboxylic acids is 1. The zero-order chi connectivity index (χ0) is 17.8. The molecular formula is C17H15N3O5. The van der Waals surface area contributed by atoms with E-state index in [1.165, 1.54) is 0 Å². The van der Waals surface area contributed by atoms with E-state index in [4.69, 9.17) is 0 Å². The third-order valence-electron chi connectivity index (χ3n) is 3.81. The third-order valence-corrected chi connectivity index (χ3v) is 3.81. The van der Waals surface area contributed by atoms with Crippen LogP contribution in [0, 0.1) is 10.1 Å². The van der Waals surface area contributed by atoms with Gasteiger partial charge < -0.3 is 14.9 Å². The van der Waals surface area contributed by atoms with E-state index < -0.39 is 11.1 Å². The Balaban J connectivity index is 1.98. The number of rotatable bonds is 7. The average molecular weight is 341 g/mol. The number of nitrogens with zero attached hydrogens (tertiary/aromatic N) is 2. The van der Waals surface area contributed by atoms with E-state index in [1.54, 1.807) is 24.4 Å². The number of aliphatic carboxylic acids is 1. The molecule has 0 saturated carbocycles. The Kier molecular flexibility index (Phi) is 4.60. The first-order valence-electron chi connectivity index (χ1n) is 7.54. The molecule has 0 aliphatic rings. The van der Waals surface area contributed by atoms with Gasteiger partial charge in [-0.2, -0.15) is 0 Å². The summed E-state index contributed by atoms with van der Waals surface area (Å²) in [4.78, 5) is 33.4. The minimum absolute atomic E-state index is 0.118. The Morgan fingerprint density at radius 3 is 2.84 bits per heavy atom. The summed E-state index contributed by atoms with van der Waals surface area (Å²) in [5.74, 6) is -0.927. The minimum Gasteiger partial charge on any atom is -0.481 e. The van der Waals surface area contributed by atoms with Crippen LogP contribution in [-0.2, 0) is 29.1 Å². The van der Waals surface area contributed by atoms with Gasteiger partial charge in [-0.05, 0) is 29.3 Å². The van der Waals surface area contributed by atoms with Crippen molar-refractivity contribution in [2.75, 3.05) is 0 Å². The Morgan fingerprint density at radius 2 is 2.16 bits per heavy atom. The van der Waals surface area contributed by atoms with Gasteiger partial charge in [-0.15, -0.1) is 10.1 Å². The van der Waals surface area contributed by atoms with E-state index >= 15 is 0 Å². The molecule has 25 heavy (non-hydrogen) atoms. The summed E-state index contributed by atoms with van der Waals surface area (Å²) in [7, 11) is 0. The zero-order valence-electron chi connectivity index (χ0n) is 13.1.